The second-order valence-electron chi connectivity index (χ2n) is 5.69. The molecule has 0 aliphatic heterocycles. The lowest BCUT2D eigenvalue weighted by Gasteiger charge is -2.19. The normalized spacial score (nSPS) is 11.8. The highest BCUT2D eigenvalue weighted by atomic mass is 35.5. The Morgan fingerprint density at radius 1 is 0.950 bits per heavy atom. The third kappa shape index (κ3) is 3.08. The smallest absolute Gasteiger partial charge is 0.136 e. The molecule has 0 aliphatic carbocycles. The average molecular weight is 330 g/mol. The molecule has 0 saturated heterocycles. The van der Waals surface area contributed by atoms with Crippen LogP contribution in [0.5, 0.6) is 0 Å². The van der Waals surface area contributed by atoms with E-state index in [1.165, 1.54) is 0 Å². The third-order valence-corrected chi connectivity index (χ3v) is 4.06. The number of nitrogens with zero attached hydrogens (tertiary/aromatic N) is 2. The fourth-order valence-electron chi connectivity index (χ4n) is 1.75. The minimum atomic E-state index is -0.178. The zero-order valence-corrected chi connectivity index (χ0v) is 14.0. The van der Waals surface area contributed by atoms with E-state index < -0.39 is 0 Å². The van der Waals surface area contributed by atoms with E-state index in [-0.39, 0.29) is 5.41 Å². The molecule has 2 rings (SSSR count). The SMILES string of the molecule is Cc1c(Cl)nc(C(C)(C)C)nc1-c1ccc(Cl)c(Cl)c1. The van der Waals surface area contributed by atoms with Crippen LogP contribution in [0.1, 0.15) is 32.2 Å². The lowest BCUT2D eigenvalue weighted by molar-refractivity contribution is 0.545. The summed E-state index contributed by atoms with van der Waals surface area (Å²) in [6.45, 7) is 8.04. The zero-order valence-electron chi connectivity index (χ0n) is 11.8. The van der Waals surface area contributed by atoms with Gasteiger partial charge in [-0.2, -0.15) is 0 Å². The van der Waals surface area contributed by atoms with Crippen LogP contribution in [0.25, 0.3) is 11.3 Å². The molecule has 2 nitrogen and oxygen atoms in total. The van der Waals surface area contributed by atoms with Crippen LogP contribution in [-0.2, 0) is 5.41 Å². The maximum absolute atomic E-state index is 6.24. The van der Waals surface area contributed by atoms with Crippen LogP contribution in [0.3, 0.4) is 0 Å². The van der Waals surface area contributed by atoms with E-state index in [1.807, 2.05) is 33.8 Å². The first-order valence-electron chi connectivity index (χ1n) is 6.20. The number of aromatic nitrogens is 2. The molecule has 1 heterocycles. The van der Waals surface area contributed by atoms with Crippen molar-refractivity contribution in [3.05, 3.63) is 44.8 Å². The molecule has 20 heavy (non-hydrogen) atoms. The van der Waals surface area contributed by atoms with Crippen molar-refractivity contribution in [3.8, 4) is 11.3 Å². The Hall–Kier alpha value is -0.830. The lowest BCUT2D eigenvalue weighted by atomic mass is 9.95. The Balaban J connectivity index is 2.66. The van der Waals surface area contributed by atoms with Gasteiger partial charge in [-0.3, -0.25) is 0 Å². The van der Waals surface area contributed by atoms with Gasteiger partial charge in [-0.1, -0.05) is 61.6 Å². The lowest BCUT2D eigenvalue weighted by Crippen LogP contribution is -2.17. The van der Waals surface area contributed by atoms with Gasteiger partial charge in [0, 0.05) is 16.5 Å². The number of rotatable bonds is 1. The molecule has 0 fully saturated rings. The molecular weight excluding hydrogens is 315 g/mol. The first-order valence-corrected chi connectivity index (χ1v) is 7.33. The summed E-state index contributed by atoms with van der Waals surface area (Å²) in [5.74, 6) is 0.703. The van der Waals surface area contributed by atoms with Crippen LogP contribution < -0.4 is 0 Å². The minimum Gasteiger partial charge on any atom is -0.232 e. The Morgan fingerprint density at radius 3 is 2.15 bits per heavy atom. The first-order chi connectivity index (χ1) is 9.20. The number of benzene rings is 1. The predicted octanol–water partition coefficient (Wildman–Crippen LogP) is 5.71. The van der Waals surface area contributed by atoms with Crippen LogP contribution in [0, 0.1) is 6.92 Å². The van der Waals surface area contributed by atoms with Gasteiger partial charge < -0.3 is 0 Å². The molecule has 106 valence electrons. The summed E-state index contributed by atoms with van der Waals surface area (Å²) in [5.41, 5.74) is 2.32. The quantitative estimate of drug-likeness (QED) is 0.626. The van der Waals surface area contributed by atoms with E-state index in [0.29, 0.717) is 21.0 Å². The predicted molar refractivity (Wildman–Crippen MR) is 85.9 cm³/mol. The standard InChI is InChI=1S/C15H15Cl3N2/c1-8-12(9-5-6-10(16)11(17)7-9)19-14(15(2,3)4)20-13(8)18/h5-7H,1-4H3. The van der Waals surface area contributed by atoms with Gasteiger partial charge in [0.15, 0.2) is 0 Å². The van der Waals surface area contributed by atoms with E-state index in [1.54, 1.807) is 12.1 Å². The van der Waals surface area contributed by atoms with Gasteiger partial charge >= 0.3 is 0 Å². The summed E-state index contributed by atoms with van der Waals surface area (Å²) >= 11 is 18.3. The molecule has 0 bridgehead atoms. The number of halogens is 3. The Morgan fingerprint density at radius 2 is 1.60 bits per heavy atom. The molecule has 0 saturated carbocycles. The zero-order chi connectivity index (χ0) is 15.1. The van der Waals surface area contributed by atoms with E-state index in [9.17, 15) is 0 Å². The van der Waals surface area contributed by atoms with Crippen LogP contribution in [0.4, 0.5) is 0 Å². The van der Waals surface area contributed by atoms with Crippen LogP contribution in [-0.4, -0.2) is 9.97 Å². The molecule has 0 unspecified atom stereocenters. The molecule has 1 aromatic heterocycles. The summed E-state index contributed by atoms with van der Waals surface area (Å²) in [5, 5.41) is 1.48. The highest BCUT2D eigenvalue weighted by molar-refractivity contribution is 6.42. The van der Waals surface area contributed by atoms with Gasteiger partial charge in [0.1, 0.15) is 11.0 Å². The van der Waals surface area contributed by atoms with Crippen molar-refractivity contribution in [1.82, 2.24) is 9.97 Å². The molecule has 2 aromatic rings. The van der Waals surface area contributed by atoms with E-state index in [4.69, 9.17) is 34.8 Å². The highest BCUT2D eigenvalue weighted by Gasteiger charge is 2.21. The monoisotopic (exact) mass is 328 g/mol. The van der Waals surface area contributed by atoms with Gasteiger partial charge in [0.25, 0.3) is 0 Å². The summed E-state index contributed by atoms with van der Waals surface area (Å²) in [6.07, 6.45) is 0. The maximum Gasteiger partial charge on any atom is 0.136 e. The number of hydrogen-bond donors (Lipinski definition) is 0. The summed E-state index contributed by atoms with van der Waals surface area (Å²) in [7, 11) is 0. The molecular formula is C15H15Cl3N2. The van der Waals surface area contributed by atoms with Crippen molar-refractivity contribution in [2.45, 2.75) is 33.1 Å². The Bertz CT molecular complexity index is 661. The molecule has 0 amide bonds. The van der Waals surface area contributed by atoms with Crippen molar-refractivity contribution >= 4 is 34.8 Å². The Labute approximate surface area is 134 Å². The molecule has 0 spiro atoms. The average Bonchev–Trinajstić information content (AvgIpc) is 2.34. The van der Waals surface area contributed by atoms with Gasteiger partial charge in [-0.05, 0) is 19.1 Å². The summed E-state index contributed by atoms with van der Waals surface area (Å²) in [4.78, 5) is 9.01. The first kappa shape index (κ1) is 15.6. The van der Waals surface area contributed by atoms with Crippen LogP contribution >= 0.6 is 34.8 Å². The van der Waals surface area contributed by atoms with Crippen molar-refractivity contribution in [1.29, 1.82) is 0 Å². The molecule has 1 aromatic carbocycles. The third-order valence-electron chi connectivity index (χ3n) is 2.95. The van der Waals surface area contributed by atoms with Crippen LogP contribution in [0.15, 0.2) is 18.2 Å². The Kier molecular flexibility index (Phi) is 4.29. The molecule has 0 atom stereocenters. The summed E-state index contributed by atoms with van der Waals surface area (Å²) in [6, 6.07) is 5.43. The second kappa shape index (κ2) is 5.51. The van der Waals surface area contributed by atoms with Crippen molar-refractivity contribution in [2.75, 3.05) is 0 Å². The van der Waals surface area contributed by atoms with Crippen molar-refractivity contribution in [2.24, 2.45) is 0 Å². The van der Waals surface area contributed by atoms with E-state index >= 15 is 0 Å². The fraction of sp³-hybridized carbons (Fsp3) is 0.333. The van der Waals surface area contributed by atoms with E-state index in [2.05, 4.69) is 9.97 Å². The second-order valence-corrected chi connectivity index (χ2v) is 6.86. The largest absolute Gasteiger partial charge is 0.232 e. The van der Waals surface area contributed by atoms with Crippen molar-refractivity contribution in [3.63, 3.8) is 0 Å². The topological polar surface area (TPSA) is 25.8 Å². The molecule has 0 aliphatic rings. The van der Waals surface area contributed by atoms with E-state index in [0.717, 1.165) is 16.8 Å². The van der Waals surface area contributed by atoms with Gasteiger partial charge in [-0.15, -0.1) is 0 Å². The molecule has 0 N–H and O–H groups in total. The minimum absolute atomic E-state index is 0.178. The molecule has 0 radical (unpaired) electrons. The van der Waals surface area contributed by atoms with Gasteiger partial charge in [0.2, 0.25) is 0 Å². The molecule has 5 heteroatoms. The van der Waals surface area contributed by atoms with Crippen molar-refractivity contribution < 1.29 is 0 Å². The van der Waals surface area contributed by atoms with Gasteiger partial charge in [-0.25, -0.2) is 9.97 Å². The van der Waals surface area contributed by atoms with Gasteiger partial charge in [0.05, 0.1) is 15.7 Å². The summed E-state index contributed by atoms with van der Waals surface area (Å²) < 4.78 is 0. The number of hydrogen-bond acceptors (Lipinski definition) is 2. The van der Waals surface area contributed by atoms with Crippen LogP contribution in [0.2, 0.25) is 15.2 Å². The maximum atomic E-state index is 6.24. The fourth-order valence-corrected chi connectivity index (χ4v) is 2.22. The highest BCUT2D eigenvalue weighted by Crippen LogP contribution is 2.32.